The summed E-state index contributed by atoms with van der Waals surface area (Å²) in [6, 6.07) is 13.7. The Morgan fingerprint density at radius 2 is 1.76 bits per heavy atom. The van der Waals surface area contributed by atoms with Crippen molar-refractivity contribution in [3.05, 3.63) is 69.7 Å². The van der Waals surface area contributed by atoms with Crippen molar-refractivity contribution in [1.82, 2.24) is 4.90 Å². The predicted octanol–water partition coefficient (Wildman–Crippen LogP) is 6.14. The van der Waals surface area contributed by atoms with Gasteiger partial charge in [0.25, 0.3) is 0 Å². The van der Waals surface area contributed by atoms with Gasteiger partial charge in [-0.25, -0.2) is 8.42 Å². The molecule has 0 radical (unpaired) electrons. The van der Waals surface area contributed by atoms with E-state index in [2.05, 4.69) is 0 Å². The lowest BCUT2D eigenvalue weighted by Gasteiger charge is -2.53. The number of sulfone groups is 1. The first-order valence-electron chi connectivity index (χ1n) is 12.8. The Morgan fingerprint density at radius 1 is 1.08 bits per heavy atom. The first-order chi connectivity index (χ1) is 17.5. The molecule has 4 rings (SSSR count). The summed E-state index contributed by atoms with van der Waals surface area (Å²) in [5, 5.41) is 11.0. The second kappa shape index (κ2) is 11.0. The number of hydrogen-bond acceptors (Lipinski definition) is 4. The van der Waals surface area contributed by atoms with Crippen molar-refractivity contribution >= 4 is 44.9 Å². The summed E-state index contributed by atoms with van der Waals surface area (Å²) in [6.07, 6.45) is 2.00. The normalized spacial score (nSPS) is 25.2. The van der Waals surface area contributed by atoms with Crippen LogP contribution < -0.4 is 0 Å². The van der Waals surface area contributed by atoms with E-state index < -0.39 is 33.3 Å². The maximum atomic E-state index is 14.5. The van der Waals surface area contributed by atoms with Crippen molar-refractivity contribution in [1.29, 1.82) is 0 Å². The van der Waals surface area contributed by atoms with Gasteiger partial charge in [-0.2, -0.15) is 0 Å². The standard InChI is InChI=1S/C28H33Cl2NO5S/c1-3-28(16-25(32)33)15-23(20-6-5-7-22(30)14-20)26(19-10-12-21(29)13-11-19)31(27(28)34)24(18-8-9-18)17-37(35,36)4-2/h5-7,10-14,18,23-24,26H,3-4,8-9,15-17H2,1-2H3,(H,32,33)/t23?,24?,26-,28-/m1/s1. The largest absolute Gasteiger partial charge is 0.481 e. The Morgan fingerprint density at radius 3 is 2.30 bits per heavy atom. The molecule has 1 aliphatic heterocycles. The zero-order valence-corrected chi connectivity index (χ0v) is 23.4. The summed E-state index contributed by atoms with van der Waals surface area (Å²) in [5.41, 5.74) is 0.563. The van der Waals surface area contributed by atoms with Gasteiger partial charge < -0.3 is 10.0 Å². The number of aliphatic carboxylic acids is 1. The molecule has 0 bridgehead atoms. The Bertz CT molecular complexity index is 1260. The number of hydrogen-bond donors (Lipinski definition) is 1. The maximum absolute atomic E-state index is 14.5. The molecule has 4 atom stereocenters. The van der Waals surface area contributed by atoms with Crippen LogP contribution in [0.5, 0.6) is 0 Å². The van der Waals surface area contributed by atoms with Crippen molar-refractivity contribution in [2.75, 3.05) is 11.5 Å². The lowest BCUT2D eigenvalue weighted by atomic mass is 9.65. The average Bonchev–Trinajstić information content (AvgIpc) is 3.70. The average molecular weight is 567 g/mol. The topological polar surface area (TPSA) is 91.8 Å². The number of carbonyl (C=O) groups excluding carboxylic acids is 1. The zero-order valence-electron chi connectivity index (χ0n) is 21.1. The minimum absolute atomic E-state index is 0.0182. The fraction of sp³-hybridized carbons (Fsp3) is 0.500. The van der Waals surface area contributed by atoms with Gasteiger partial charge in [-0.15, -0.1) is 0 Å². The molecular weight excluding hydrogens is 533 g/mol. The van der Waals surface area contributed by atoms with Crippen LogP contribution in [0.4, 0.5) is 0 Å². The lowest BCUT2D eigenvalue weighted by Crippen LogP contribution is -2.59. The van der Waals surface area contributed by atoms with E-state index in [4.69, 9.17) is 23.2 Å². The SMILES string of the molecule is CC[C@]1(CC(=O)O)CC(c2cccc(Cl)c2)[C@@H](c2ccc(Cl)cc2)N(C(CS(=O)(=O)CC)C2CC2)C1=O. The zero-order chi connectivity index (χ0) is 27.0. The molecule has 1 amide bonds. The van der Waals surface area contributed by atoms with Crippen LogP contribution in [0.25, 0.3) is 0 Å². The second-order valence-electron chi connectivity index (χ2n) is 10.4. The van der Waals surface area contributed by atoms with Gasteiger partial charge in [0.05, 0.1) is 23.6 Å². The van der Waals surface area contributed by atoms with Crippen molar-refractivity contribution in [2.45, 2.75) is 64.0 Å². The summed E-state index contributed by atoms with van der Waals surface area (Å²) in [7, 11) is -3.42. The van der Waals surface area contributed by atoms with Gasteiger partial charge in [-0.05, 0) is 67.0 Å². The molecule has 2 aromatic rings. The third kappa shape index (κ3) is 5.99. The van der Waals surface area contributed by atoms with Crippen LogP contribution in [-0.2, 0) is 19.4 Å². The van der Waals surface area contributed by atoms with Crippen molar-refractivity contribution in [3.63, 3.8) is 0 Å². The number of carboxylic acid groups (broad SMARTS) is 1. The molecule has 1 N–H and O–H groups in total. The molecule has 2 fully saturated rings. The fourth-order valence-corrected chi connectivity index (χ4v) is 7.33. The van der Waals surface area contributed by atoms with Crippen LogP contribution in [0.2, 0.25) is 10.0 Å². The first-order valence-corrected chi connectivity index (χ1v) is 15.3. The number of carbonyl (C=O) groups is 2. The summed E-state index contributed by atoms with van der Waals surface area (Å²) in [5.74, 6) is -1.72. The van der Waals surface area contributed by atoms with Gasteiger partial charge in [0.2, 0.25) is 5.91 Å². The lowest BCUT2D eigenvalue weighted by molar-refractivity contribution is -0.162. The number of rotatable bonds is 10. The highest BCUT2D eigenvalue weighted by Gasteiger charge is 2.56. The third-order valence-electron chi connectivity index (χ3n) is 8.02. The molecule has 2 unspecified atom stereocenters. The predicted molar refractivity (Wildman–Crippen MR) is 146 cm³/mol. The fourth-order valence-electron chi connectivity index (χ4n) is 5.82. The number of likely N-dealkylation sites (tertiary alicyclic amines) is 1. The summed E-state index contributed by atoms with van der Waals surface area (Å²) >= 11 is 12.6. The minimum atomic E-state index is -3.42. The molecular formula is C28H33Cl2NO5S. The summed E-state index contributed by atoms with van der Waals surface area (Å²) in [6.45, 7) is 3.45. The highest BCUT2D eigenvalue weighted by molar-refractivity contribution is 7.91. The van der Waals surface area contributed by atoms with E-state index in [0.717, 1.165) is 24.0 Å². The van der Waals surface area contributed by atoms with Gasteiger partial charge in [-0.3, -0.25) is 9.59 Å². The molecule has 1 saturated carbocycles. The number of piperidine rings is 1. The van der Waals surface area contributed by atoms with E-state index >= 15 is 0 Å². The van der Waals surface area contributed by atoms with E-state index in [9.17, 15) is 23.1 Å². The molecule has 2 aliphatic rings. The molecule has 6 nitrogen and oxygen atoms in total. The molecule has 2 aromatic carbocycles. The van der Waals surface area contributed by atoms with Crippen LogP contribution in [-0.4, -0.2) is 47.8 Å². The monoisotopic (exact) mass is 565 g/mol. The van der Waals surface area contributed by atoms with E-state index in [-0.39, 0.29) is 35.7 Å². The number of nitrogens with zero attached hydrogens (tertiary/aromatic N) is 1. The van der Waals surface area contributed by atoms with Crippen LogP contribution in [0, 0.1) is 11.3 Å². The molecule has 200 valence electrons. The molecule has 0 spiro atoms. The second-order valence-corrected chi connectivity index (χ2v) is 13.7. The van der Waals surface area contributed by atoms with E-state index in [0.29, 0.717) is 22.9 Å². The summed E-state index contributed by atoms with van der Waals surface area (Å²) < 4.78 is 25.8. The molecule has 1 aliphatic carbocycles. The Labute approximate surface area is 228 Å². The van der Waals surface area contributed by atoms with Gasteiger partial charge in [0.1, 0.15) is 0 Å². The Kier molecular flexibility index (Phi) is 8.27. The maximum Gasteiger partial charge on any atom is 0.304 e. The molecule has 37 heavy (non-hydrogen) atoms. The molecule has 0 aromatic heterocycles. The van der Waals surface area contributed by atoms with E-state index in [1.807, 2.05) is 37.3 Å². The van der Waals surface area contributed by atoms with Crippen molar-refractivity contribution in [3.8, 4) is 0 Å². The molecule has 1 saturated heterocycles. The Hall–Kier alpha value is -2.09. The molecule has 1 heterocycles. The van der Waals surface area contributed by atoms with Crippen molar-refractivity contribution in [2.24, 2.45) is 11.3 Å². The van der Waals surface area contributed by atoms with Crippen LogP contribution >= 0.6 is 23.2 Å². The van der Waals surface area contributed by atoms with Gasteiger partial charge >= 0.3 is 5.97 Å². The highest BCUT2D eigenvalue weighted by atomic mass is 35.5. The highest BCUT2D eigenvalue weighted by Crippen LogP contribution is 2.55. The van der Waals surface area contributed by atoms with Gasteiger partial charge in [0, 0.05) is 27.8 Å². The number of carboxylic acids is 1. The minimum Gasteiger partial charge on any atom is -0.481 e. The summed E-state index contributed by atoms with van der Waals surface area (Å²) in [4.78, 5) is 28.3. The van der Waals surface area contributed by atoms with Gasteiger partial charge in [-0.1, -0.05) is 61.3 Å². The van der Waals surface area contributed by atoms with E-state index in [1.54, 1.807) is 30.0 Å². The Balaban J connectivity index is 1.96. The van der Waals surface area contributed by atoms with E-state index in [1.165, 1.54) is 0 Å². The number of amides is 1. The number of halogens is 2. The first kappa shape index (κ1) is 27.9. The molecule has 9 heteroatoms. The van der Waals surface area contributed by atoms with Gasteiger partial charge in [0.15, 0.2) is 9.84 Å². The number of benzene rings is 2. The smallest absolute Gasteiger partial charge is 0.304 e. The van der Waals surface area contributed by atoms with Crippen molar-refractivity contribution < 1.29 is 23.1 Å². The quantitative estimate of drug-likeness (QED) is 0.373. The van der Waals surface area contributed by atoms with Crippen LogP contribution in [0.3, 0.4) is 0 Å². The van der Waals surface area contributed by atoms with Crippen LogP contribution in [0.1, 0.15) is 69.0 Å². The van der Waals surface area contributed by atoms with Crippen LogP contribution in [0.15, 0.2) is 48.5 Å². The third-order valence-corrected chi connectivity index (χ3v) is 10.2.